The van der Waals surface area contributed by atoms with Gasteiger partial charge in [-0.15, -0.1) is 10.2 Å². The molecule has 0 saturated heterocycles. The van der Waals surface area contributed by atoms with Gasteiger partial charge in [0.25, 0.3) is 5.91 Å². The number of nitrogens with one attached hydrogen (secondary N) is 1. The predicted octanol–water partition coefficient (Wildman–Crippen LogP) is 4.51. The molecular formula is C27H35N5O3. The maximum Gasteiger partial charge on any atom is 0.289 e. The van der Waals surface area contributed by atoms with Gasteiger partial charge < -0.3 is 15.2 Å². The Bertz CT molecular complexity index is 1180. The van der Waals surface area contributed by atoms with Crippen molar-refractivity contribution in [2.45, 2.75) is 59.0 Å². The Labute approximate surface area is 206 Å². The lowest BCUT2D eigenvalue weighted by Gasteiger charge is -2.19. The first-order valence-electron chi connectivity index (χ1n) is 12.3. The van der Waals surface area contributed by atoms with Crippen molar-refractivity contribution >= 4 is 5.91 Å². The van der Waals surface area contributed by atoms with E-state index in [1.165, 1.54) is 5.56 Å². The molecule has 3 aromatic rings. The van der Waals surface area contributed by atoms with Crippen molar-refractivity contribution in [2.24, 2.45) is 0 Å². The molecule has 1 saturated carbocycles. The van der Waals surface area contributed by atoms with E-state index in [0.29, 0.717) is 17.1 Å². The van der Waals surface area contributed by atoms with E-state index in [2.05, 4.69) is 60.2 Å². The Balaban J connectivity index is 1.81. The minimum atomic E-state index is -0.268. The minimum absolute atomic E-state index is 0.0206. The molecule has 1 aliphatic rings. The van der Waals surface area contributed by atoms with Crippen molar-refractivity contribution in [1.29, 1.82) is 0 Å². The zero-order chi connectivity index (χ0) is 25.1. The standard InChI is InChI=1S/C27H35N5O3/c1-6-31(7-2)16-18-8-12-20(13-9-18)32-25(29-30-26(32)27(34)28-19-10-11-19)22-14-21(17(3)4)24(35-5)15-23(22)33/h8-9,12-15,17,19,33H,6-7,10-11,16H2,1-5H3,(H,28,34). The first-order chi connectivity index (χ1) is 16.9. The number of hydrogen-bond donors (Lipinski definition) is 2. The summed E-state index contributed by atoms with van der Waals surface area (Å²) in [5, 5.41) is 22.5. The molecule has 1 aliphatic carbocycles. The van der Waals surface area contributed by atoms with Crippen molar-refractivity contribution in [3.05, 3.63) is 53.3 Å². The lowest BCUT2D eigenvalue weighted by atomic mass is 9.98. The molecule has 2 N–H and O–H groups in total. The quantitative estimate of drug-likeness (QED) is 0.447. The van der Waals surface area contributed by atoms with Gasteiger partial charge in [0.1, 0.15) is 11.5 Å². The molecule has 8 heteroatoms. The van der Waals surface area contributed by atoms with Gasteiger partial charge >= 0.3 is 0 Å². The number of carbonyl (C=O) groups is 1. The van der Waals surface area contributed by atoms with Crippen LogP contribution in [0.5, 0.6) is 11.5 Å². The fourth-order valence-corrected chi connectivity index (χ4v) is 4.18. The molecule has 1 amide bonds. The summed E-state index contributed by atoms with van der Waals surface area (Å²) >= 11 is 0. The van der Waals surface area contributed by atoms with Gasteiger partial charge in [0.2, 0.25) is 5.82 Å². The van der Waals surface area contributed by atoms with Crippen LogP contribution in [0.1, 0.15) is 68.2 Å². The summed E-state index contributed by atoms with van der Waals surface area (Å²) in [7, 11) is 1.59. The van der Waals surface area contributed by atoms with Gasteiger partial charge in [0.05, 0.1) is 12.7 Å². The number of rotatable bonds is 10. The third kappa shape index (κ3) is 5.32. The Morgan fingerprint density at radius 1 is 1.17 bits per heavy atom. The molecule has 1 aromatic heterocycles. The van der Waals surface area contributed by atoms with Crippen LogP contribution in [0.15, 0.2) is 36.4 Å². The fourth-order valence-electron chi connectivity index (χ4n) is 4.18. The Morgan fingerprint density at radius 3 is 2.43 bits per heavy atom. The second-order valence-electron chi connectivity index (χ2n) is 9.32. The summed E-state index contributed by atoms with van der Waals surface area (Å²) in [6, 6.07) is 11.7. The number of nitrogens with zero attached hydrogens (tertiary/aromatic N) is 4. The van der Waals surface area contributed by atoms with E-state index in [0.717, 1.165) is 43.7 Å². The maximum atomic E-state index is 13.1. The van der Waals surface area contributed by atoms with Gasteiger partial charge in [-0.3, -0.25) is 14.3 Å². The van der Waals surface area contributed by atoms with E-state index in [9.17, 15) is 9.90 Å². The van der Waals surface area contributed by atoms with Crippen LogP contribution in [0.25, 0.3) is 17.1 Å². The summed E-state index contributed by atoms with van der Waals surface area (Å²) in [4.78, 5) is 15.4. The van der Waals surface area contributed by atoms with Crippen molar-refractivity contribution in [1.82, 2.24) is 25.0 Å². The number of phenolic OH excluding ortho intramolecular Hbond substituents is 1. The number of phenols is 1. The Kier molecular flexibility index (Phi) is 7.40. The van der Waals surface area contributed by atoms with Crippen LogP contribution in [-0.2, 0) is 6.54 Å². The fraction of sp³-hybridized carbons (Fsp3) is 0.444. The molecule has 0 bridgehead atoms. The highest BCUT2D eigenvalue weighted by atomic mass is 16.5. The van der Waals surface area contributed by atoms with Gasteiger partial charge in [0.15, 0.2) is 5.82 Å². The van der Waals surface area contributed by atoms with Crippen molar-refractivity contribution < 1.29 is 14.6 Å². The van der Waals surface area contributed by atoms with Gasteiger partial charge in [0, 0.05) is 24.3 Å². The predicted molar refractivity (Wildman–Crippen MR) is 136 cm³/mol. The number of carbonyl (C=O) groups excluding carboxylic acids is 1. The number of ether oxygens (including phenoxy) is 1. The number of amides is 1. The number of hydrogen-bond acceptors (Lipinski definition) is 6. The van der Waals surface area contributed by atoms with Gasteiger partial charge in [-0.25, -0.2) is 0 Å². The third-order valence-corrected chi connectivity index (χ3v) is 6.48. The summed E-state index contributed by atoms with van der Waals surface area (Å²) < 4.78 is 7.21. The average molecular weight is 478 g/mol. The smallest absolute Gasteiger partial charge is 0.289 e. The highest BCUT2D eigenvalue weighted by Gasteiger charge is 2.29. The Morgan fingerprint density at radius 2 is 1.86 bits per heavy atom. The first kappa shape index (κ1) is 24.7. The summed E-state index contributed by atoms with van der Waals surface area (Å²) in [6.07, 6.45) is 1.95. The van der Waals surface area contributed by atoms with Crippen molar-refractivity contribution in [3.63, 3.8) is 0 Å². The SMILES string of the molecule is CCN(CC)Cc1ccc(-n2c(C(=O)NC3CC3)nnc2-c2cc(C(C)C)c(OC)cc2O)cc1. The normalized spacial score (nSPS) is 13.5. The van der Waals surface area contributed by atoms with Crippen LogP contribution in [0.4, 0.5) is 0 Å². The molecule has 0 radical (unpaired) electrons. The van der Waals surface area contributed by atoms with Crippen LogP contribution < -0.4 is 10.1 Å². The average Bonchev–Trinajstić information content (AvgIpc) is 3.56. The summed E-state index contributed by atoms with van der Waals surface area (Å²) in [5.41, 5.74) is 3.38. The molecule has 35 heavy (non-hydrogen) atoms. The Hall–Kier alpha value is -3.39. The molecule has 8 nitrogen and oxygen atoms in total. The number of aromatic nitrogens is 3. The highest BCUT2D eigenvalue weighted by Crippen LogP contribution is 2.38. The third-order valence-electron chi connectivity index (χ3n) is 6.48. The molecule has 2 aromatic carbocycles. The van der Waals surface area contributed by atoms with Crippen LogP contribution >= 0.6 is 0 Å². The lowest BCUT2D eigenvalue weighted by Crippen LogP contribution is -2.28. The van der Waals surface area contributed by atoms with Gasteiger partial charge in [-0.2, -0.15) is 0 Å². The minimum Gasteiger partial charge on any atom is -0.507 e. The van der Waals surface area contributed by atoms with E-state index in [4.69, 9.17) is 4.74 Å². The highest BCUT2D eigenvalue weighted by molar-refractivity contribution is 5.92. The second kappa shape index (κ2) is 10.5. The van der Waals surface area contributed by atoms with Crippen molar-refractivity contribution in [2.75, 3.05) is 20.2 Å². The molecule has 1 fully saturated rings. The summed E-state index contributed by atoms with van der Waals surface area (Å²) in [5.74, 6) is 1.13. The van der Waals surface area contributed by atoms with Crippen LogP contribution in [0.3, 0.4) is 0 Å². The molecule has 186 valence electrons. The topological polar surface area (TPSA) is 92.5 Å². The monoisotopic (exact) mass is 477 g/mol. The van der Waals surface area contributed by atoms with Gasteiger partial charge in [-0.1, -0.05) is 39.8 Å². The van der Waals surface area contributed by atoms with Crippen molar-refractivity contribution in [3.8, 4) is 28.6 Å². The van der Waals surface area contributed by atoms with Gasteiger partial charge in [-0.05, 0) is 61.2 Å². The van der Waals surface area contributed by atoms with E-state index in [1.54, 1.807) is 17.7 Å². The van der Waals surface area contributed by atoms with Crippen LogP contribution in [0.2, 0.25) is 0 Å². The number of benzene rings is 2. The molecule has 0 atom stereocenters. The van der Waals surface area contributed by atoms with E-state index in [1.807, 2.05) is 18.2 Å². The first-order valence-corrected chi connectivity index (χ1v) is 12.3. The molecule has 1 heterocycles. The van der Waals surface area contributed by atoms with Crippen LogP contribution in [-0.4, -0.2) is 56.9 Å². The summed E-state index contributed by atoms with van der Waals surface area (Å²) in [6.45, 7) is 11.2. The van der Waals surface area contributed by atoms with E-state index in [-0.39, 0.29) is 29.4 Å². The molecule has 0 unspecified atom stereocenters. The number of aromatic hydroxyl groups is 1. The molecule has 4 rings (SSSR count). The van der Waals surface area contributed by atoms with E-state index < -0.39 is 0 Å². The van der Waals surface area contributed by atoms with E-state index >= 15 is 0 Å². The maximum absolute atomic E-state index is 13.1. The molecular weight excluding hydrogens is 442 g/mol. The molecule has 0 aliphatic heterocycles. The van der Waals surface area contributed by atoms with Crippen LogP contribution in [0, 0.1) is 0 Å². The number of methoxy groups -OCH3 is 1. The largest absolute Gasteiger partial charge is 0.507 e. The zero-order valence-electron chi connectivity index (χ0n) is 21.2. The second-order valence-corrected chi connectivity index (χ2v) is 9.32. The lowest BCUT2D eigenvalue weighted by molar-refractivity contribution is 0.0938. The zero-order valence-corrected chi connectivity index (χ0v) is 21.2. The molecule has 0 spiro atoms.